The van der Waals surface area contributed by atoms with Crippen molar-refractivity contribution in [1.29, 1.82) is 0 Å². The monoisotopic (exact) mass is 403 g/mol. The summed E-state index contributed by atoms with van der Waals surface area (Å²) in [5, 5.41) is 4.57. The van der Waals surface area contributed by atoms with Crippen LogP contribution in [-0.2, 0) is 13.5 Å². The van der Waals surface area contributed by atoms with Crippen molar-refractivity contribution in [3.63, 3.8) is 0 Å². The van der Waals surface area contributed by atoms with Crippen molar-refractivity contribution in [3.05, 3.63) is 71.5 Å². The van der Waals surface area contributed by atoms with Crippen LogP contribution in [0.5, 0.6) is 0 Å². The molecule has 1 aromatic heterocycles. The Morgan fingerprint density at radius 1 is 1.09 bits per heavy atom. The zero-order valence-electron chi connectivity index (χ0n) is 12.7. The van der Waals surface area contributed by atoms with Gasteiger partial charge in [0.1, 0.15) is 5.82 Å². The third kappa shape index (κ3) is 3.06. The molecule has 2 aromatic carbocycles. The lowest BCUT2D eigenvalue weighted by Gasteiger charge is -2.10. The van der Waals surface area contributed by atoms with Crippen LogP contribution in [-0.4, -0.2) is 14.8 Å². The van der Waals surface area contributed by atoms with Gasteiger partial charge in [0.2, 0.25) is 0 Å². The zero-order valence-corrected chi connectivity index (χ0v) is 14.9. The summed E-state index contributed by atoms with van der Waals surface area (Å²) in [5.41, 5.74) is 3.68. The number of rotatable bonds is 4. The summed E-state index contributed by atoms with van der Waals surface area (Å²) in [6.07, 6.45) is 1.05. The first kappa shape index (κ1) is 15.2. The molecule has 0 N–H and O–H groups in total. The molecular weight excluding hydrogens is 385 g/mol. The van der Waals surface area contributed by atoms with Gasteiger partial charge in [0.15, 0.2) is 5.82 Å². The SMILES string of the molecule is CCc1cccc(C(I)c2nc(-c3ccccc3)nn2C)c1. The van der Waals surface area contributed by atoms with E-state index in [0.717, 1.165) is 23.6 Å². The molecule has 0 spiro atoms. The highest BCUT2D eigenvalue weighted by molar-refractivity contribution is 14.1. The molecule has 0 aliphatic rings. The van der Waals surface area contributed by atoms with E-state index in [-0.39, 0.29) is 3.92 Å². The van der Waals surface area contributed by atoms with Crippen molar-refractivity contribution in [3.8, 4) is 11.4 Å². The van der Waals surface area contributed by atoms with E-state index >= 15 is 0 Å². The molecular formula is C18H18IN3. The molecule has 22 heavy (non-hydrogen) atoms. The molecule has 3 nitrogen and oxygen atoms in total. The molecule has 0 aliphatic carbocycles. The van der Waals surface area contributed by atoms with Gasteiger partial charge in [-0.25, -0.2) is 4.98 Å². The molecule has 0 saturated heterocycles. The molecule has 1 heterocycles. The van der Waals surface area contributed by atoms with E-state index in [4.69, 9.17) is 4.98 Å². The van der Waals surface area contributed by atoms with Crippen LogP contribution in [0.3, 0.4) is 0 Å². The Labute approximate surface area is 144 Å². The Balaban J connectivity index is 1.96. The minimum absolute atomic E-state index is 0.194. The Hall–Kier alpha value is -1.69. The molecule has 0 fully saturated rings. The van der Waals surface area contributed by atoms with Crippen LogP contribution in [0.15, 0.2) is 54.6 Å². The molecule has 0 aliphatic heterocycles. The summed E-state index contributed by atoms with van der Waals surface area (Å²) >= 11 is 2.44. The normalized spacial score (nSPS) is 12.3. The number of hydrogen-bond acceptors (Lipinski definition) is 2. The molecule has 3 rings (SSSR count). The second-order valence-corrected chi connectivity index (χ2v) is 6.49. The molecule has 112 valence electrons. The number of benzene rings is 2. The highest BCUT2D eigenvalue weighted by Gasteiger charge is 2.18. The highest BCUT2D eigenvalue weighted by atomic mass is 127. The minimum atomic E-state index is 0.194. The van der Waals surface area contributed by atoms with Gasteiger partial charge in [-0.15, -0.1) is 0 Å². The Bertz CT molecular complexity index is 765. The van der Waals surface area contributed by atoms with Crippen LogP contribution >= 0.6 is 22.6 Å². The minimum Gasteiger partial charge on any atom is -0.251 e. The number of aromatic nitrogens is 3. The summed E-state index contributed by atoms with van der Waals surface area (Å²) in [4.78, 5) is 4.76. The van der Waals surface area contributed by atoms with Crippen molar-refractivity contribution in [2.24, 2.45) is 7.05 Å². The first-order valence-corrected chi connectivity index (χ1v) is 8.63. The first-order chi connectivity index (χ1) is 10.7. The predicted octanol–water partition coefficient (Wildman–Crippen LogP) is 4.57. The lowest BCUT2D eigenvalue weighted by molar-refractivity contribution is 0.718. The van der Waals surface area contributed by atoms with Crippen LogP contribution in [0.1, 0.15) is 27.8 Å². The van der Waals surface area contributed by atoms with Crippen LogP contribution in [0.2, 0.25) is 0 Å². The quantitative estimate of drug-likeness (QED) is 0.472. The maximum absolute atomic E-state index is 4.76. The summed E-state index contributed by atoms with van der Waals surface area (Å²) in [6, 6.07) is 18.8. The number of aryl methyl sites for hydroxylation is 2. The zero-order chi connectivity index (χ0) is 15.5. The van der Waals surface area contributed by atoms with Gasteiger partial charge in [0, 0.05) is 12.6 Å². The summed E-state index contributed by atoms with van der Waals surface area (Å²) in [5.74, 6) is 1.76. The second kappa shape index (κ2) is 6.60. The van der Waals surface area contributed by atoms with E-state index in [0.29, 0.717) is 0 Å². The van der Waals surface area contributed by atoms with E-state index in [1.807, 2.05) is 42.1 Å². The largest absolute Gasteiger partial charge is 0.251 e. The topological polar surface area (TPSA) is 30.7 Å². The third-order valence-corrected chi connectivity index (χ3v) is 4.98. The predicted molar refractivity (Wildman–Crippen MR) is 98.1 cm³/mol. The van der Waals surface area contributed by atoms with Crippen molar-refractivity contribution >= 4 is 22.6 Å². The number of halogens is 1. The summed E-state index contributed by atoms with van der Waals surface area (Å²) < 4.78 is 2.08. The van der Waals surface area contributed by atoms with Crippen molar-refractivity contribution in [2.45, 2.75) is 17.3 Å². The van der Waals surface area contributed by atoms with Gasteiger partial charge in [-0.1, -0.05) is 84.1 Å². The molecule has 4 heteroatoms. The first-order valence-electron chi connectivity index (χ1n) is 7.38. The molecule has 0 radical (unpaired) electrons. The Morgan fingerprint density at radius 2 is 1.86 bits per heavy atom. The average molecular weight is 403 g/mol. The highest BCUT2D eigenvalue weighted by Crippen LogP contribution is 2.31. The van der Waals surface area contributed by atoms with Crippen LogP contribution in [0.4, 0.5) is 0 Å². The molecule has 0 bridgehead atoms. The summed E-state index contributed by atoms with van der Waals surface area (Å²) in [7, 11) is 1.96. The molecule has 3 aromatic rings. The van der Waals surface area contributed by atoms with Crippen LogP contribution in [0.25, 0.3) is 11.4 Å². The maximum atomic E-state index is 4.76. The third-order valence-electron chi connectivity index (χ3n) is 3.71. The fourth-order valence-electron chi connectivity index (χ4n) is 2.45. The van der Waals surface area contributed by atoms with Gasteiger partial charge < -0.3 is 0 Å². The molecule has 0 amide bonds. The van der Waals surface area contributed by atoms with E-state index in [1.165, 1.54) is 11.1 Å². The van der Waals surface area contributed by atoms with E-state index in [9.17, 15) is 0 Å². The van der Waals surface area contributed by atoms with Crippen molar-refractivity contribution in [1.82, 2.24) is 14.8 Å². The summed E-state index contributed by atoms with van der Waals surface area (Å²) in [6.45, 7) is 2.18. The van der Waals surface area contributed by atoms with Crippen LogP contribution in [0, 0.1) is 0 Å². The standard InChI is InChI=1S/C18H18IN3/c1-3-13-8-7-11-15(12-13)16(19)18-20-17(21-22(18)2)14-9-5-4-6-10-14/h4-12,16H,3H2,1-2H3. The van der Waals surface area contributed by atoms with Gasteiger partial charge in [0.25, 0.3) is 0 Å². The maximum Gasteiger partial charge on any atom is 0.181 e. The smallest absolute Gasteiger partial charge is 0.181 e. The Kier molecular flexibility index (Phi) is 4.57. The van der Waals surface area contributed by atoms with Crippen molar-refractivity contribution in [2.75, 3.05) is 0 Å². The van der Waals surface area contributed by atoms with E-state index in [2.05, 4.69) is 58.9 Å². The van der Waals surface area contributed by atoms with Crippen LogP contribution < -0.4 is 0 Å². The van der Waals surface area contributed by atoms with Gasteiger partial charge in [-0.2, -0.15) is 5.10 Å². The van der Waals surface area contributed by atoms with Gasteiger partial charge in [-0.05, 0) is 17.5 Å². The number of nitrogens with zero attached hydrogens (tertiary/aromatic N) is 3. The lowest BCUT2D eigenvalue weighted by Crippen LogP contribution is -2.03. The Morgan fingerprint density at radius 3 is 2.59 bits per heavy atom. The van der Waals surface area contributed by atoms with E-state index < -0.39 is 0 Å². The van der Waals surface area contributed by atoms with Gasteiger partial charge >= 0.3 is 0 Å². The van der Waals surface area contributed by atoms with Crippen molar-refractivity contribution < 1.29 is 0 Å². The van der Waals surface area contributed by atoms with Gasteiger partial charge in [0.05, 0.1) is 3.92 Å². The lowest BCUT2D eigenvalue weighted by atomic mass is 10.1. The van der Waals surface area contributed by atoms with Gasteiger partial charge in [-0.3, -0.25) is 4.68 Å². The number of alkyl halides is 1. The molecule has 1 atom stereocenters. The molecule has 1 unspecified atom stereocenters. The fourth-order valence-corrected chi connectivity index (χ4v) is 3.38. The number of hydrogen-bond donors (Lipinski definition) is 0. The van der Waals surface area contributed by atoms with E-state index in [1.54, 1.807) is 0 Å². The fraction of sp³-hybridized carbons (Fsp3) is 0.222. The molecule has 0 saturated carbocycles. The second-order valence-electron chi connectivity index (χ2n) is 5.24. The average Bonchev–Trinajstić information content (AvgIpc) is 2.97.